The van der Waals surface area contributed by atoms with Gasteiger partial charge in [-0.3, -0.25) is 19.9 Å². The van der Waals surface area contributed by atoms with E-state index in [4.69, 9.17) is 0 Å². The molecule has 1 heterocycles. The van der Waals surface area contributed by atoms with Crippen molar-refractivity contribution in [2.75, 3.05) is 19.5 Å². The van der Waals surface area contributed by atoms with Gasteiger partial charge < -0.3 is 4.74 Å². The molecule has 1 unspecified atom stereocenters. The van der Waals surface area contributed by atoms with Crippen LogP contribution in [0.15, 0.2) is 16.6 Å². The number of anilines is 1. The average molecular weight is 335 g/mol. The van der Waals surface area contributed by atoms with Crippen LogP contribution in [0.5, 0.6) is 0 Å². The van der Waals surface area contributed by atoms with Gasteiger partial charge in [-0.1, -0.05) is 17.4 Å². The first-order valence-corrected chi connectivity index (χ1v) is 7.85. The third-order valence-corrected chi connectivity index (χ3v) is 4.51. The summed E-state index contributed by atoms with van der Waals surface area (Å²) >= 11 is 1.06. The molecule has 122 valence electrons. The molecule has 1 aliphatic carbocycles. The molecule has 8 heteroatoms. The lowest BCUT2D eigenvalue weighted by atomic mass is 9.84. The predicted octanol–water partition coefficient (Wildman–Crippen LogP) is 2.28. The lowest BCUT2D eigenvalue weighted by molar-refractivity contribution is -0.117. The Bertz CT molecular complexity index is 706. The summed E-state index contributed by atoms with van der Waals surface area (Å²) in [6, 6.07) is 0. The lowest BCUT2D eigenvalue weighted by Gasteiger charge is -2.18. The van der Waals surface area contributed by atoms with Gasteiger partial charge in [0.1, 0.15) is 0 Å². The fourth-order valence-corrected chi connectivity index (χ4v) is 3.34. The van der Waals surface area contributed by atoms with Gasteiger partial charge in [0.05, 0.1) is 23.6 Å². The number of ketones is 2. The smallest absolute Gasteiger partial charge is 0.413 e. The van der Waals surface area contributed by atoms with Gasteiger partial charge in [0.2, 0.25) is 0 Å². The maximum atomic E-state index is 12.6. The van der Waals surface area contributed by atoms with Crippen molar-refractivity contribution >= 4 is 40.3 Å². The van der Waals surface area contributed by atoms with Crippen LogP contribution in [0.25, 0.3) is 0 Å². The minimum Gasteiger partial charge on any atom is -0.453 e. The van der Waals surface area contributed by atoms with Crippen LogP contribution in [-0.2, 0) is 16.0 Å². The molecule has 0 fully saturated rings. The highest BCUT2D eigenvalue weighted by molar-refractivity contribution is 7.17. The summed E-state index contributed by atoms with van der Waals surface area (Å²) < 4.78 is 4.50. The summed E-state index contributed by atoms with van der Waals surface area (Å²) in [5.41, 5.74) is 1.04. The van der Waals surface area contributed by atoms with Crippen molar-refractivity contribution in [1.82, 2.24) is 4.98 Å². The van der Waals surface area contributed by atoms with E-state index in [1.807, 2.05) is 0 Å². The summed E-state index contributed by atoms with van der Waals surface area (Å²) in [6.07, 6.45) is 3.38. The molecule has 0 aliphatic heterocycles. The van der Waals surface area contributed by atoms with Gasteiger partial charge in [0.25, 0.3) is 0 Å². The highest BCUT2D eigenvalue weighted by atomic mass is 32.1. The van der Waals surface area contributed by atoms with E-state index in [1.54, 1.807) is 20.0 Å². The zero-order valence-electron chi connectivity index (χ0n) is 13.1. The topological polar surface area (TPSA) is 97.7 Å². The molecule has 1 aliphatic rings. The van der Waals surface area contributed by atoms with Crippen LogP contribution in [0.4, 0.5) is 9.93 Å². The van der Waals surface area contributed by atoms with Gasteiger partial charge in [-0.15, -0.1) is 0 Å². The number of aliphatic imine (C=N–C) groups is 1. The molecule has 0 saturated carbocycles. The van der Waals surface area contributed by atoms with Gasteiger partial charge in [0.15, 0.2) is 16.7 Å². The fourth-order valence-electron chi connectivity index (χ4n) is 2.35. The number of nitrogens with one attached hydrogen (secondary N) is 1. The molecule has 7 nitrogen and oxygen atoms in total. The van der Waals surface area contributed by atoms with Crippen molar-refractivity contribution in [1.29, 1.82) is 0 Å². The van der Waals surface area contributed by atoms with Crippen molar-refractivity contribution in [3.05, 3.63) is 22.2 Å². The van der Waals surface area contributed by atoms with E-state index in [2.05, 4.69) is 20.0 Å². The van der Waals surface area contributed by atoms with E-state index >= 15 is 0 Å². The Morgan fingerprint density at radius 2 is 2.22 bits per heavy atom. The van der Waals surface area contributed by atoms with Crippen LogP contribution in [0.2, 0.25) is 0 Å². The van der Waals surface area contributed by atoms with E-state index in [0.29, 0.717) is 34.1 Å². The highest BCUT2D eigenvalue weighted by Crippen LogP contribution is 2.33. The number of fused-ring (bicyclic) bond motifs is 1. The van der Waals surface area contributed by atoms with Crippen molar-refractivity contribution in [2.45, 2.75) is 19.8 Å². The number of hydrogen-bond donors (Lipinski definition) is 1. The van der Waals surface area contributed by atoms with Gasteiger partial charge in [-0.05, 0) is 19.8 Å². The van der Waals surface area contributed by atoms with Crippen molar-refractivity contribution in [3.8, 4) is 0 Å². The minimum absolute atomic E-state index is 0.232. The van der Waals surface area contributed by atoms with Gasteiger partial charge in [0, 0.05) is 18.8 Å². The molecule has 0 saturated heterocycles. The van der Waals surface area contributed by atoms with Gasteiger partial charge in [-0.25, -0.2) is 9.78 Å². The Morgan fingerprint density at radius 1 is 1.48 bits per heavy atom. The Labute approximate surface area is 137 Å². The molecule has 1 amide bonds. The summed E-state index contributed by atoms with van der Waals surface area (Å²) in [4.78, 5) is 44.8. The van der Waals surface area contributed by atoms with Crippen LogP contribution < -0.4 is 5.32 Å². The first-order valence-electron chi connectivity index (χ1n) is 7.03. The molecule has 23 heavy (non-hydrogen) atoms. The number of nitrogens with zero attached hydrogens (tertiary/aromatic N) is 2. The zero-order chi connectivity index (χ0) is 17.0. The summed E-state index contributed by atoms with van der Waals surface area (Å²) in [6.45, 7) is 1.73. The number of rotatable bonds is 4. The first-order chi connectivity index (χ1) is 11.0. The molecule has 0 radical (unpaired) electrons. The van der Waals surface area contributed by atoms with Crippen molar-refractivity contribution in [3.63, 3.8) is 0 Å². The van der Waals surface area contributed by atoms with Gasteiger partial charge >= 0.3 is 6.09 Å². The van der Waals surface area contributed by atoms with E-state index in [0.717, 1.165) is 11.3 Å². The second kappa shape index (κ2) is 7.28. The fraction of sp³-hybridized carbons (Fsp3) is 0.400. The lowest BCUT2D eigenvalue weighted by Crippen LogP contribution is -2.30. The number of methoxy groups -OCH3 is 1. The normalized spacial score (nSPS) is 18.0. The van der Waals surface area contributed by atoms with Crippen LogP contribution >= 0.6 is 11.3 Å². The Morgan fingerprint density at radius 3 is 2.83 bits per heavy atom. The maximum absolute atomic E-state index is 12.6. The number of aromatic nitrogens is 1. The summed E-state index contributed by atoms with van der Waals surface area (Å²) in [5, 5.41) is 2.74. The zero-order valence-corrected chi connectivity index (χ0v) is 13.9. The van der Waals surface area contributed by atoms with Crippen LogP contribution in [0.3, 0.4) is 0 Å². The number of amides is 1. The predicted molar refractivity (Wildman–Crippen MR) is 87.5 cm³/mol. The van der Waals surface area contributed by atoms with Crippen molar-refractivity contribution in [2.24, 2.45) is 10.9 Å². The molecule has 0 aromatic carbocycles. The number of aryl methyl sites for hydroxylation is 1. The number of carbonyl (C=O) groups is 3. The first kappa shape index (κ1) is 17.0. The number of allylic oxidation sites excluding steroid dienone is 2. The Hall–Kier alpha value is -2.35. The van der Waals surface area contributed by atoms with Gasteiger partial charge in [-0.2, -0.15) is 0 Å². The van der Waals surface area contributed by atoms with E-state index in [9.17, 15) is 14.4 Å². The van der Waals surface area contributed by atoms with Crippen LogP contribution in [0, 0.1) is 5.92 Å². The molecule has 0 spiro atoms. The monoisotopic (exact) mass is 335 g/mol. The van der Waals surface area contributed by atoms with Crippen molar-refractivity contribution < 1.29 is 19.1 Å². The number of Topliss-reactive ketones (excluding diaryl/α,β-unsaturated/α-hetero) is 2. The molecule has 1 aromatic heterocycles. The number of hydrogen-bond acceptors (Lipinski definition) is 7. The quantitative estimate of drug-likeness (QED) is 0.517. The Balaban J connectivity index is 2.24. The highest BCUT2D eigenvalue weighted by Gasteiger charge is 2.36. The maximum Gasteiger partial charge on any atom is 0.413 e. The number of ether oxygens (including phenoxy) is 1. The average Bonchev–Trinajstić information content (AvgIpc) is 2.95. The molecule has 2 rings (SSSR count). The van der Waals surface area contributed by atoms with E-state index in [-0.39, 0.29) is 11.6 Å². The van der Waals surface area contributed by atoms with Crippen LogP contribution in [0.1, 0.15) is 28.7 Å². The molecule has 1 aromatic rings. The molecule has 1 atom stereocenters. The SMILES string of the molecule is C/C=C(\C=NC)C(=O)C1CCc2nc(NC(=O)OC)sc2C1=O. The second-order valence-corrected chi connectivity index (χ2v) is 5.86. The third kappa shape index (κ3) is 3.53. The second-order valence-electron chi connectivity index (χ2n) is 4.86. The van der Waals surface area contributed by atoms with Crippen LogP contribution in [-0.4, -0.2) is 43.0 Å². The number of thiazole rings is 1. The summed E-state index contributed by atoms with van der Waals surface area (Å²) in [5.74, 6) is -1.21. The molecule has 1 N–H and O–H groups in total. The third-order valence-electron chi connectivity index (χ3n) is 3.48. The van der Waals surface area contributed by atoms with E-state index < -0.39 is 12.0 Å². The molecule has 0 bridgehead atoms. The summed E-state index contributed by atoms with van der Waals surface area (Å²) in [7, 11) is 2.82. The number of carbonyl (C=O) groups excluding carboxylic acids is 3. The standard InChI is InChI=1S/C15H17N3O4S/c1-4-8(7-16-2)11(19)9-5-6-10-13(12(9)20)23-14(17-10)18-15(21)22-3/h4,7,9H,5-6H2,1-3H3,(H,17,18,21)/b8-4+,16-7?. The molecular formula is C15H17N3O4S. The Kier molecular flexibility index (Phi) is 5.38. The largest absolute Gasteiger partial charge is 0.453 e. The minimum atomic E-state index is -0.724. The molecular weight excluding hydrogens is 318 g/mol. The van der Waals surface area contributed by atoms with E-state index in [1.165, 1.54) is 13.3 Å².